The highest BCUT2D eigenvalue weighted by Crippen LogP contribution is 2.23. The van der Waals surface area contributed by atoms with Crippen molar-refractivity contribution in [3.63, 3.8) is 0 Å². The third kappa shape index (κ3) is 4.03. The van der Waals surface area contributed by atoms with Crippen molar-refractivity contribution < 1.29 is 26.7 Å². The van der Waals surface area contributed by atoms with Gasteiger partial charge in [0.2, 0.25) is 5.88 Å². The van der Waals surface area contributed by atoms with Crippen molar-refractivity contribution >= 4 is 28.4 Å². The lowest BCUT2D eigenvalue weighted by atomic mass is 10.4. The summed E-state index contributed by atoms with van der Waals surface area (Å²) in [5.41, 5.74) is -0.114. The predicted molar refractivity (Wildman–Crippen MR) is 61.6 cm³/mol. The van der Waals surface area contributed by atoms with Crippen LogP contribution >= 0.6 is 22.6 Å². The smallest absolute Gasteiger partial charge is 0.340 e. The summed E-state index contributed by atoms with van der Waals surface area (Å²) in [5.74, 6) is -5.32. The highest BCUT2D eigenvalue weighted by Gasteiger charge is 2.41. The fourth-order valence-corrected chi connectivity index (χ4v) is 1.12. The van der Waals surface area contributed by atoms with Crippen molar-refractivity contribution in [3.05, 3.63) is 22.2 Å². The molecule has 18 heavy (non-hydrogen) atoms. The van der Waals surface area contributed by atoms with Crippen LogP contribution in [-0.4, -0.2) is 28.9 Å². The Labute approximate surface area is 112 Å². The molecule has 0 saturated carbocycles. The third-order valence-corrected chi connectivity index (χ3v) is 2.25. The number of hydrogen-bond donors (Lipinski definition) is 0. The van der Waals surface area contributed by atoms with Crippen molar-refractivity contribution in [2.24, 2.45) is 0 Å². The van der Waals surface area contributed by atoms with E-state index in [1.165, 1.54) is 0 Å². The first-order valence-electron chi connectivity index (χ1n) is 4.44. The summed E-state index contributed by atoms with van der Waals surface area (Å²) >= 11 is 1.64. The summed E-state index contributed by atoms with van der Waals surface area (Å²) in [6.07, 6.45) is -2.01. The van der Waals surface area contributed by atoms with Gasteiger partial charge in [0.05, 0.1) is 12.4 Å². The SMILES string of the molecule is FC(=CI)c1cnc(OCC(F)(F)C(F)F)cn1. The molecule has 0 bridgehead atoms. The van der Waals surface area contributed by atoms with Crippen LogP contribution in [0.4, 0.5) is 22.0 Å². The van der Waals surface area contributed by atoms with Crippen LogP contribution in [0.2, 0.25) is 0 Å². The van der Waals surface area contributed by atoms with Crippen molar-refractivity contribution in [1.82, 2.24) is 9.97 Å². The van der Waals surface area contributed by atoms with E-state index in [1.807, 2.05) is 0 Å². The van der Waals surface area contributed by atoms with Crippen LogP contribution in [0.15, 0.2) is 16.5 Å². The summed E-state index contributed by atoms with van der Waals surface area (Å²) in [5, 5.41) is 0. The molecular formula is C9H6F5IN2O. The highest BCUT2D eigenvalue weighted by atomic mass is 127. The molecular weight excluding hydrogens is 374 g/mol. The molecule has 1 rings (SSSR count). The maximum Gasteiger partial charge on any atom is 0.340 e. The Morgan fingerprint density at radius 3 is 2.50 bits per heavy atom. The van der Waals surface area contributed by atoms with Gasteiger partial charge in [-0.1, -0.05) is 0 Å². The maximum absolute atomic E-state index is 13.0. The van der Waals surface area contributed by atoms with E-state index in [1.54, 1.807) is 22.6 Å². The molecule has 0 atom stereocenters. The van der Waals surface area contributed by atoms with Crippen molar-refractivity contribution in [2.75, 3.05) is 6.61 Å². The molecule has 0 aliphatic carbocycles. The highest BCUT2D eigenvalue weighted by molar-refractivity contribution is 14.1. The van der Waals surface area contributed by atoms with Crippen LogP contribution < -0.4 is 4.74 Å². The zero-order valence-corrected chi connectivity index (χ0v) is 10.7. The number of hydrogen-bond acceptors (Lipinski definition) is 3. The van der Waals surface area contributed by atoms with Gasteiger partial charge in [-0.25, -0.2) is 23.1 Å². The van der Waals surface area contributed by atoms with E-state index >= 15 is 0 Å². The van der Waals surface area contributed by atoms with E-state index < -0.39 is 24.8 Å². The second kappa shape index (κ2) is 6.25. The lowest BCUT2D eigenvalue weighted by Gasteiger charge is -2.15. The number of alkyl halides is 4. The van der Waals surface area contributed by atoms with Gasteiger partial charge in [-0.2, -0.15) is 8.78 Å². The van der Waals surface area contributed by atoms with Gasteiger partial charge in [-0.3, -0.25) is 0 Å². The molecule has 0 aromatic carbocycles. The second-order valence-electron chi connectivity index (χ2n) is 3.05. The first-order chi connectivity index (χ1) is 8.36. The lowest BCUT2D eigenvalue weighted by Crippen LogP contribution is -2.33. The van der Waals surface area contributed by atoms with Crippen LogP contribution in [0, 0.1) is 0 Å². The van der Waals surface area contributed by atoms with Crippen LogP contribution in [0.25, 0.3) is 5.83 Å². The Kier molecular flexibility index (Phi) is 5.23. The summed E-state index contributed by atoms with van der Waals surface area (Å²) in [4.78, 5) is 6.99. The minimum atomic E-state index is -4.27. The van der Waals surface area contributed by atoms with Gasteiger partial charge < -0.3 is 4.74 Å². The van der Waals surface area contributed by atoms with E-state index in [4.69, 9.17) is 0 Å². The average Bonchev–Trinajstić information content (AvgIpc) is 2.36. The second-order valence-corrected chi connectivity index (χ2v) is 3.67. The fourth-order valence-electron chi connectivity index (χ4n) is 0.803. The van der Waals surface area contributed by atoms with Crippen molar-refractivity contribution in [2.45, 2.75) is 12.3 Å². The minimum absolute atomic E-state index is 0.114. The first kappa shape index (κ1) is 15.1. The van der Waals surface area contributed by atoms with Gasteiger partial charge in [0, 0.05) is 4.08 Å². The lowest BCUT2D eigenvalue weighted by molar-refractivity contribution is -0.148. The summed E-state index contributed by atoms with van der Waals surface area (Å²) in [7, 11) is 0. The monoisotopic (exact) mass is 380 g/mol. The normalized spacial score (nSPS) is 12.9. The van der Waals surface area contributed by atoms with Crippen molar-refractivity contribution in [3.8, 4) is 5.88 Å². The first-order valence-corrected chi connectivity index (χ1v) is 5.68. The van der Waals surface area contributed by atoms with Gasteiger partial charge >= 0.3 is 12.3 Å². The summed E-state index contributed by atoms with van der Waals surface area (Å²) < 4.78 is 67.0. The van der Waals surface area contributed by atoms with Gasteiger partial charge in [0.1, 0.15) is 5.69 Å². The van der Waals surface area contributed by atoms with E-state index in [2.05, 4.69) is 14.7 Å². The number of ether oxygens (including phenoxy) is 1. The Hall–Kier alpha value is -1.00. The van der Waals surface area contributed by atoms with Crippen molar-refractivity contribution in [1.29, 1.82) is 0 Å². The molecule has 0 aliphatic heterocycles. The predicted octanol–water partition coefficient (Wildman–Crippen LogP) is 3.46. The maximum atomic E-state index is 13.0. The quantitative estimate of drug-likeness (QED) is 0.580. The molecule has 1 aromatic rings. The zero-order chi connectivity index (χ0) is 13.8. The molecule has 0 spiro atoms. The van der Waals surface area contributed by atoms with Crippen LogP contribution in [0.1, 0.15) is 5.69 Å². The molecule has 0 fully saturated rings. The molecule has 0 unspecified atom stereocenters. The number of halogens is 6. The van der Waals surface area contributed by atoms with Gasteiger partial charge in [-0.05, 0) is 22.6 Å². The topological polar surface area (TPSA) is 35.0 Å². The van der Waals surface area contributed by atoms with Gasteiger partial charge in [0.25, 0.3) is 0 Å². The molecule has 0 saturated heterocycles. The van der Waals surface area contributed by atoms with Crippen LogP contribution in [0.3, 0.4) is 0 Å². The largest absolute Gasteiger partial charge is 0.470 e. The molecule has 100 valence electrons. The number of rotatable bonds is 5. The fraction of sp³-hybridized carbons (Fsp3) is 0.333. The molecule has 3 nitrogen and oxygen atoms in total. The van der Waals surface area contributed by atoms with E-state index in [9.17, 15) is 22.0 Å². The van der Waals surface area contributed by atoms with Crippen LogP contribution in [0.5, 0.6) is 5.88 Å². The number of nitrogens with zero attached hydrogens (tertiary/aromatic N) is 2. The van der Waals surface area contributed by atoms with E-state index in [0.29, 0.717) is 0 Å². The summed E-state index contributed by atoms with van der Waals surface area (Å²) in [6, 6.07) is 0. The Morgan fingerprint density at radius 1 is 1.39 bits per heavy atom. The summed E-state index contributed by atoms with van der Waals surface area (Å²) in [6.45, 7) is -1.52. The Balaban J connectivity index is 2.65. The van der Waals surface area contributed by atoms with E-state index in [-0.39, 0.29) is 11.6 Å². The minimum Gasteiger partial charge on any atom is -0.470 e. The Bertz CT molecular complexity index is 423. The molecule has 0 N–H and O–H groups in total. The third-order valence-electron chi connectivity index (χ3n) is 1.70. The van der Waals surface area contributed by atoms with Gasteiger partial charge in [0.15, 0.2) is 12.4 Å². The number of aromatic nitrogens is 2. The molecule has 0 aliphatic rings. The van der Waals surface area contributed by atoms with E-state index in [0.717, 1.165) is 16.5 Å². The zero-order valence-electron chi connectivity index (χ0n) is 8.59. The molecule has 9 heteroatoms. The molecule has 0 radical (unpaired) electrons. The standard InChI is InChI=1S/C9H6F5IN2O/c10-5(1-15)6-2-17-7(3-16-6)18-4-9(13,14)8(11)12/h1-3,8H,4H2. The van der Waals surface area contributed by atoms with Gasteiger partial charge in [-0.15, -0.1) is 0 Å². The molecule has 0 amide bonds. The average molecular weight is 380 g/mol. The van der Waals surface area contributed by atoms with Crippen LogP contribution in [-0.2, 0) is 0 Å². The molecule has 1 aromatic heterocycles. The molecule has 1 heterocycles. The Morgan fingerprint density at radius 2 is 2.06 bits per heavy atom.